The van der Waals surface area contributed by atoms with Crippen LogP contribution in [0.3, 0.4) is 0 Å². The number of carbonyl (C=O) groups is 1. The Balaban J connectivity index is 1.40. The molecule has 0 aliphatic rings. The number of hydrogen-bond donors (Lipinski definition) is 1. The first-order valence-corrected chi connectivity index (χ1v) is 9.43. The van der Waals surface area contributed by atoms with E-state index in [1.54, 1.807) is 11.3 Å². The molecule has 1 aromatic heterocycles. The number of anilines is 1. The van der Waals surface area contributed by atoms with Gasteiger partial charge in [0.1, 0.15) is 5.75 Å². The van der Waals surface area contributed by atoms with Gasteiger partial charge in [0.15, 0.2) is 0 Å². The predicted molar refractivity (Wildman–Crippen MR) is 103 cm³/mol. The molecule has 0 spiro atoms. The molecule has 3 aromatic rings. The minimum Gasteiger partial charge on any atom is -0.494 e. The van der Waals surface area contributed by atoms with E-state index in [0.717, 1.165) is 41.2 Å². The van der Waals surface area contributed by atoms with Gasteiger partial charge in [-0.25, -0.2) is 4.98 Å². The van der Waals surface area contributed by atoms with Gasteiger partial charge in [-0.2, -0.15) is 0 Å². The second kappa shape index (κ2) is 8.62. The lowest BCUT2D eigenvalue weighted by Gasteiger charge is -2.07. The number of thiazole rings is 1. The zero-order valence-corrected chi connectivity index (χ0v) is 15.1. The van der Waals surface area contributed by atoms with Crippen LogP contribution >= 0.6 is 11.3 Å². The smallest absolute Gasteiger partial charge is 0.224 e. The van der Waals surface area contributed by atoms with Gasteiger partial charge < -0.3 is 10.1 Å². The summed E-state index contributed by atoms with van der Waals surface area (Å²) in [5, 5.41) is 4.07. The first-order chi connectivity index (χ1) is 12.2. The number of hydrogen-bond acceptors (Lipinski definition) is 4. The van der Waals surface area contributed by atoms with Gasteiger partial charge in [-0.15, -0.1) is 11.3 Å². The van der Waals surface area contributed by atoms with E-state index in [0.29, 0.717) is 13.0 Å². The lowest BCUT2D eigenvalue weighted by molar-refractivity contribution is -0.116. The largest absolute Gasteiger partial charge is 0.494 e. The van der Waals surface area contributed by atoms with E-state index in [2.05, 4.69) is 16.4 Å². The third-order valence-electron chi connectivity index (χ3n) is 3.83. The number of fused-ring (bicyclic) bond motifs is 1. The highest BCUT2D eigenvalue weighted by Gasteiger charge is 2.05. The van der Waals surface area contributed by atoms with Crippen molar-refractivity contribution in [2.24, 2.45) is 0 Å². The molecular weight excluding hydrogens is 332 g/mol. The molecule has 1 N–H and O–H groups in total. The third kappa shape index (κ3) is 5.03. The number of rotatable bonds is 8. The van der Waals surface area contributed by atoms with E-state index in [-0.39, 0.29) is 5.91 Å². The van der Waals surface area contributed by atoms with E-state index in [1.165, 1.54) is 4.70 Å². The Morgan fingerprint density at radius 3 is 2.68 bits per heavy atom. The van der Waals surface area contributed by atoms with Crippen molar-refractivity contribution in [3.8, 4) is 5.75 Å². The summed E-state index contributed by atoms with van der Waals surface area (Å²) in [5.74, 6) is 0.866. The maximum Gasteiger partial charge on any atom is 0.224 e. The SMILES string of the molecule is CCOc1ccc(NC(=O)CCCCc2nc3ccccc3s2)cc1. The Bertz CT molecular complexity index is 794. The number of benzene rings is 2. The van der Waals surface area contributed by atoms with Crippen LogP contribution in [0.2, 0.25) is 0 Å². The first-order valence-electron chi connectivity index (χ1n) is 8.62. The number of para-hydroxylation sites is 1. The van der Waals surface area contributed by atoms with Gasteiger partial charge in [-0.05, 0) is 62.6 Å². The highest BCUT2D eigenvalue weighted by Crippen LogP contribution is 2.23. The van der Waals surface area contributed by atoms with Gasteiger partial charge in [0.2, 0.25) is 5.91 Å². The van der Waals surface area contributed by atoms with Crippen LogP contribution < -0.4 is 10.1 Å². The van der Waals surface area contributed by atoms with Gasteiger partial charge in [0.05, 0.1) is 21.8 Å². The lowest BCUT2D eigenvalue weighted by Crippen LogP contribution is -2.11. The van der Waals surface area contributed by atoms with E-state index >= 15 is 0 Å². The van der Waals surface area contributed by atoms with Gasteiger partial charge in [-0.3, -0.25) is 4.79 Å². The van der Waals surface area contributed by atoms with Gasteiger partial charge in [0, 0.05) is 12.1 Å². The average molecular weight is 354 g/mol. The van der Waals surface area contributed by atoms with Crippen LogP contribution in [0.15, 0.2) is 48.5 Å². The number of aromatic nitrogens is 1. The Labute approximate surface area is 151 Å². The predicted octanol–water partition coefficient (Wildman–Crippen LogP) is 5.05. The van der Waals surface area contributed by atoms with Crippen molar-refractivity contribution >= 4 is 33.1 Å². The number of nitrogens with zero attached hydrogens (tertiary/aromatic N) is 1. The fourth-order valence-electron chi connectivity index (χ4n) is 2.61. The average Bonchev–Trinajstić information content (AvgIpc) is 3.03. The number of carbonyl (C=O) groups excluding carboxylic acids is 1. The monoisotopic (exact) mass is 354 g/mol. The molecule has 0 bridgehead atoms. The third-order valence-corrected chi connectivity index (χ3v) is 4.93. The van der Waals surface area contributed by atoms with E-state index in [1.807, 2.05) is 49.4 Å². The van der Waals surface area contributed by atoms with Crippen LogP contribution in [0.1, 0.15) is 31.2 Å². The molecule has 0 saturated heterocycles. The molecule has 130 valence electrons. The van der Waals surface area contributed by atoms with Crippen molar-refractivity contribution < 1.29 is 9.53 Å². The van der Waals surface area contributed by atoms with Crippen LogP contribution in [0.25, 0.3) is 10.2 Å². The summed E-state index contributed by atoms with van der Waals surface area (Å²) in [5.41, 5.74) is 1.87. The zero-order chi connectivity index (χ0) is 17.5. The van der Waals surface area contributed by atoms with E-state index in [9.17, 15) is 4.79 Å². The summed E-state index contributed by atoms with van der Waals surface area (Å²) in [7, 11) is 0. The summed E-state index contributed by atoms with van der Waals surface area (Å²) >= 11 is 1.74. The number of amides is 1. The minimum absolute atomic E-state index is 0.0495. The normalized spacial score (nSPS) is 10.8. The zero-order valence-electron chi connectivity index (χ0n) is 14.3. The second-order valence-corrected chi connectivity index (χ2v) is 6.90. The molecule has 5 heteroatoms. The molecule has 0 unspecified atom stereocenters. The summed E-state index contributed by atoms with van der Waals surface area (Å²) in [6.45, 7) is 2.59. The number of ether oxygens (including phenoxy) is 1. The second-order valence-electron chi connectivity index (χ2n) is 5.79. The van der Waals surface area contributed by atoms with Gasteiger partial charge in [0.25, 0.3) is 0 Å². The van der Waals surface area contributed by atoms with Crippen LogP contribution in [0.4, 0.5) is 5.69 Å². The maximum absolute atomic E-state index is 12.0. The Morgan fingerprint density at radius 2 is 1.92 bits per heavy atom. The fraction of sp³-hybridized carbons (Fsp3) is 0.300. The molecule has 0 saturated carbocycles. The van der Waals surface area contributed by atoms with Gasteiger partial charge >= 0.3 is 0 Å². The molecular formula is C20H22N2O2S. The maximum atomic E-state index is 12.0. The summed E-state index contributed by atoms with van der Waals surface area (Å²) < 4.78 is 6.62. The molecule has 1 heterocycles. The van der Waals surface area contributed by atoms with Crippen molar-refractivity contribution in [2.75, 3.05) is 11.9 Å². The van der Waals surface area contributed by atoms with Crippen LogP contribution in [0.5, 0.6) is 5.75 Å². The summed E-state index contributed by atoms with van der Waals surface area (Å²) in [4.78, 5) is 16.6. The summed E-state index contributed by atoms with van der Waals surface area (Å²) in [6.07, 6.45) is 3.28. The van der Waals surface area contributed by atoms with Crippen LogP contribution in [-0.2, 0) is 11.2 Å². The molecule has 0 atom stereocenters. The fourth-order valence-corrected chi connectivity index (χ4v) is 3.62. The molecule has 0 fully saturated rings. The number of unbranched alkanes of at least 4 members (excludes halogenated alkanes) is 1. The van der Waals surface area contributed by atoms with Gasteiger partial charge in [-0.1, -0.05) is 12.1 Å². The first kappa shape index (κ1) is 17.4. The van der Waals surface area contributed by atoms with Crippen molar-refractivity contribution in [1.29, 1.82) is 0 Å². The molecule has 1 amide bonds. The van der Waals surface area contributed by atoms with E-state index < -0.39 is 0 Å². The van der Waals surface area contributed by atoms with Crippen LogP contribution in [-0.4, -0.2) is 17.5 Å². The van der Waals surface area contributed by atoms with Crippen LogP contribution in [0, 0.1) is 0 Å². The molecule has 25 heavy (non-hydrogen) atoms. The Morgan fingerprint density at radius 1 is 1.12 bits per heavy atom. The molecule has 3 rings (SSSR count). The molecule has 0 aliphatic heterocycles. The Kier molecular flexibility index (Phi) is 6.01. The highest BCUT2D eigenvalue weighted by atomic mass is 32.1. The molecule has 0 radical (unpaired) electrons. The van der Waals surface area contributed by atoms with Crippen molar-refractivity contribution in [3.05, 3.63) is 53.5 Å². The number of nitrogens with one attached hydrogen (secondary N) is 1. The molecule has 2 aromatic carbocycles. The standard InChI is InChI=1S/C20H22N2O2S/c1-2-24-16-13-11-15(12-14-16)21-19(23)9-5-6-10-20-22-17-7-3-4-8-18(17)25-20/h3-4,7-8,11-14H,2,5-6,9-10H2,1H3,(H,21,23). The summed E-state index contributed by atoms with van der Waals surface area (Å²) in [6, 6.07) is 15.7. The highest BCUT2D eigenvalue weighted by molar-refractivity contribution is 7.18. The van der Waals surface area contributed by atoms with Crippen molar-refractivity contribution in [1.82, 2.24) is 4.98 Å². The van der Waals surface area contributed by atoms with E-state index in [4.69, 9.17) is 4.74 Å². The molecule has 0 aliphatic carbocycles. The Hall–Kier alpha value is -2.40. The molecule has 4 nitrogen and oxygen atoms in total. The number of aryl methyl sites for hydroxylation is 1. The minimum atomic E-state index is 0.0495. The van der Waals surface area contributed by atoms with Crippen molar-refractivity contribution in [2.45, 2.75) is 32.6 Å². The topological polar surface area (TPSA) is 51.2 Å². The van der Waals surface area contributed by atoms with Crippen molar-refractivity contribution in [3.63, 3.8) is 0 Å². The quantitative estimate of drug-likeness (QED) is 0.576. The lowest BCUT2D eigenvalue weighted by atomic mass is 10.2.